The van der Waals surface area contributed by atoms with E-state index in [-0.39, 0.29) is 0 Å². The van der Waals surface area contributed by atoms with E-state index in [0.29, 0.717) is 5.92 Å². The van der Waals surface area contributed by atoms with Crippen molar-refractivity contribution in [3.8, 4) is 5.75 Å². The molecule has 1 aromatic rings. The second kappa shape index (κ2) is 5.04. The summed E-state index contributed by atoms with van der Waals surface area (Å²) in [5, 5.41) is 0. The Bertz CT molecular complexity index is 289. The van der Waals surface area contributed by atoms with Gasteiger partial charge in [-0.1, -0.05) is 32.0 Å². The van der Waals surface area contributed by atoms with E-state index in [1.165, 1.54) is 11.1 Å². The van der Waals surface area contributed by atoms with Gasteiger partial charge in [0.25, 0.3) is 0 Å². The third kappa shape index (κ3) is 2.76. The first kappa shape index (κ1) is 11.1. The third-order valence-corrected chi connectivity index (χ3v) is 2.21. The van der Waals surface area contributed by atoms with Crippen LogP contribution in [0.1, 0.15) is 31.9 Å². The third-order valence-electron chi connectivity index (χ3n) is 2.21. The molecule has 0 bridgehead atoms. The largest absolute Gasteiger partial charge is 0.493 e. The highest BCUT2D eigenvalue weighted by Gasteiger charge is 2.07. The fourth-order valence-corrected chi connectivity index (χ4v) is 1.66. The Balaban J connectivity index is 2.95. The topological polar surface area (TPSA) is 9.23 Å². The van der Waals surface area contributed by atoms with Crippen LogP contribution in [-0.4, -0.2) is 6.61 Å². The summed E-state index contributed by atoms with van der Waals surface area (Å²) >= 11 is 0. The molecule has 1 rings (SSSR count). The number of hydrogen-bond donors (Lipinski definition) is 0. The minimum absolute atomic E-state index is 0.677. The van der Waals surface area contributed by atoms with E-state index in [0.717, 1.165) is 18.8 Å². The van der Waals surface area contributed by atoms with Crippen molar-refractivity contribution in [2.45, 2.75) is 34.1 Å². The molecule has 0 amide bonds. The van der Waals surface area contributed by atoms with E-state index in [1.54, 1.807) is 0 Å². The zero-order valence-corrected chi connectivity index (χ0v) is 9.63. The smallest absolute Gasteiger partial charge is 0.125 e. The molecular formula is C13H20O. The molecule has 78 valence electrons. The highest BCUT2D eigenvalue weighted by Crippen LogP contribution is 2.25. The average Bonchev–Trinajstić information content (AvgIpc) is 2.10. The Morgan fingerprint density at radius 3 is 2.57 bits per heavy atom. The van der Waals surface area contributed by atoms with Gasteiger partial charge in [0, 0.05) is 0 Å². The minimum Gasteiger partial charge on any atom is -0.493 e. The molecule has 0 saturated heterocycles. The van der Waals surface area contributed by atoms with E-state index in [4.69, 9.17) is 4.74 Å². The molecule has 1 aromatic carbocycles. The van der Waals surface area contributed by atoms with E-state index in [9.17, 15) is 0 Å². The van der Waals surface area contributed by atoms with Crippen LogP contribution in [0.2, 0.25) is 0 Å². The molecule has 14 heavy (non-hydrogen) atoms. The molecule has 0 aromatic heterocycles. The van der Waals surface area contributed by atoms with Crippen LogP contribution in [-0.2, 0) is 6.42 Å². The summed E-state index contributed by atoms with van der Waals surface area (Å²) in [7, 11) is 0. The molecule has 0 unspecified atom stereocenters. The van der Waals surface area contributed by atoms with Crippen LogP contribution in [0, 0.1) is 12.8 Å². The van der Waals surface area contributed by atoms with Crippen molar-refractivity contribution in [2.75, 3.05) is 6.61 Å². The van der Waals surface area contributed by atoms with Crippen LogP contribution in [0.4, 0.5) is 0 Å². The maximum Gasteiger partial charge on any atom is 0.125 e. The number of benzene rings is 1. The highest BCUT2D eigenvalue weighted by atomic mass is 16.5. The maximum absolute atomic E-state index is 5.67. The summed E-state index contributed by atoms with van der Waals surface area (Å²) in [6, 6.07) is 6.38. The summed E-state index contributed by atoms with van der Waals surface area (Å²) in [5.41, 5.74) is 2.58. The summed E-state index contributed by atoms with van der Waals surface area (Å²) < 4.78 is 5.67. The van der Waals surface area contributed by atoms with Crippen molar-refractivity contribution in [1.82, 2.24) is 0 Å². The fourth-order valence-electron chi connectivity index (χ4n) is 1.66. The minimum atomic E-state index is 0.677. The number of hydrogen-bond acceptors (Lipinski definition) is 1. The second-order valence-electron chi connectivity index (χ2n) is 4.09. The fraction of sp³-hybridized carbons (Fsp3) is 0.538. The van der Waals surface area contributed by atoms with E-state index >= 15 is 0 Å². The van der Waals surface area contributed by atoms with Gasteiger partial charge < -0.3 is 4.74 Å². The van der Waals surface area contributed by atoms with Crippen LogP contribution >= 0.6 is 0 Å². The van der Waals surface area contributed by atoms with Gasteiger partial charge in [-0.15, -0.1) is 0 Å². The number of para-hydroxylation sites is 1. The van der Waals surface area contributed by atoms with Crippen molar-refractivity contribution < 1.29 is 4.74 Å². The van der Waals surface area contributed by atoms with E-state index in [1.807, 2.05) is 6.92 Å². The second-order valence-corrected chi connectivity index (χ2v) is 4.09. The molecule has 0 heterocycles. The molecule has 1 nitrogen and oxygen atoms in total. The van der Waals surface area contributed by atoms with Gasteiger partial charge in [0.05, 0.1) is 6.61 Å². The Kier molecular flexibility index (Phi) is 3.99. The Morgan fingerprint density at radius 1 is 1.29 bits per heavy atom. The molecule has 1 heteroatoms. The van der Waals surface area contributed by atoms with Gasteiger partial charge in [0.2, 0.25) is 0 Å². The Morgan fingerprint density at radius 2 is 2.00 bits per heavy atom. The monoisotopic (exact) mass is 192 g/mol. The lowest BCUT2D eigenvalue weighted by Gasteiger charge is -2.14. The summed E-state index contributed by atoms with van der Waals surface area (Å²) in [6.07, 6.45) is 1.09. The molecule has 0 fully saturated rings. The van der Waals surface area contributed by atoms with Crippen LogP contribution in [0.15, 0.2) is 18.2 Å². The summed E-state index contributed by atoms with van der Waals surface area (Å²) in [4.78, 5) is 0. The van der Waals surface area contributed by atoms with Gasteiger partial charge in [-0.05, 0) is 37.3 Å². The highest BCUT2D eigenvalue weighted by molar-refractivity contribution is 5.40. The zero-order valence-electron chi connectivity index (χ0n) is 9.63. The van der Waals surface area contributed by atoms with Crippen molar-refractivity contribution in [3.05, 3.63) is 29.3 Å². The molecule has 0 aliphatic carbocycles. The van der Waals surface area contributed by atoms with Crippen molar-refractivity contribution in [3.63, 3.8) is 0 Å². The van der Waals surface area contributed by atoms with Crippen LogP contribution < -0.4 is 4.74 Å². The van der Waals surface area contributed by atoms with Crippen LogP contribution in [0.5, 0.6) is 5.75 Å². The van der Waals surface area contributed by atoms with E-state index < -0.39 is 0 Å². The van der Waals surface area contributed by atoms with Gasteiger partial charge >= 0.3 is 0 Å². The maximum atomic E-state index is 5.67. The number of aryl methyl sites for hydroxylation is 1. The standard InChI is InChI=1S/C13H20O/c1-5-14-13-11(4)7-6-8-12(13)9-10(2)3/h6-8,10H,5,9H2,1-4H3. The predicted octanol–water partition coefficient (Wildman–Crippen LogP) is 3.59. The molecule has 0 atom stereocenters. The lowest BCUT2D eigenvalue weighted by Crippen LogP contribution is -2.01. The van der Waals surface area contributed by atoms with Gasteiger partial charge in [-0.25, -0.2) is 0 Å². The number of rotatable bonds is 4. The molecule has 0 spiro atoms. The molecule has 0 aliphatic heterocycles. The zero-order chi connectivity index (χ0) is 10.6. The van der Waals surface area contributed by atoms with Crippen LogP contribution in [0.3, 0.4) is 0 Å². The number of ether oxygens (including phenoxy) is 1. The van der Waals surface area contributed by atoms with E-state index in [2.05, 4.69) is 39.0 Å². The SMILES string of the molecule is CCOc1c(C)cccc1CC(C)C. The quantitative estimate of drug-likeness (QED) is 0.708. The molecule has 0 N–H and O–H groups in total. The van der Waals surface area contributed by atoms with Gasteiger partial charge in [0.1, 0.15) is 5.75 Å². The van der Waals surface area contributed by atoms with Crippen molar-refractivity contribution in [2.24, 2.45) is 5.92 Å². The normalized spacial score (nSPS) is 10.6. The van der Waals surface area contributed by atoms with Crippen molar-refractivity contribution >= 4 is 0 Å². The average molecular weight is 192 g/mol. The first-order valence-electron chi connectivity index (χ1n) is 5.36. The predicted molar refractivity (Wildman–Crippen MR) is 60.9 cm³/mol. The Hall–Kier alpha value is -0.980. The van der Waals surface area contributed by atoms with Crippen molar-refractivity contribution in [1.29, 1.82) is 0 Å². The first-order chi connectivity index (χ1) is 6.65. The molecule has 0 radical (unpaired) electrons. The van der Waals surface area contributed by atoms with Crippen LogP contribution in [0.25, 0.3) is 0 Å². The first-order valence-corrected chi connectivity index (χ1v) is 5.36. The lowest BCUT2D eigenvalue weighted by molar-refractivity contribution is 0.332. The molecule has 0 aliphatic rings. The lowest BCUT2D eigenvalue weighted by atomic mass is 10.00. The Labute approximate surface area is 87.1 Å². The molecule has 0 saturated carbocycles. The summed E-state index contributed by atoms with van der Waals surface area (Å²) in [6.45, 7) is 9.35. The summed E-state index contributed by atoms with van der Waals surface area (Å²) in [5.74, 6) is 1.76. The van der Waals surface area contributed by atoms with Gasteiger partial charge in [-0.3, -0.25) is 0 Å². The van der Waals surface area contributed by atoms with Gasteiger partial charge in [0.15, 0.2) is 0 Å². The van der Waals surface area contributed by atoms with Gasteiger partial charge in [-0.2, -0.15) is 0 Å². The molecular weight excluding hydrogens is 172 g/mol.